The van der Waals surface area contributed by atoms with Crippen LogP contribution in [-0.2, 0) is 9.47 Å². The van der Waals surface area contributed by atoms with Crippen molar-refractivity contribution in [2.24, 2.45) is 0 Å². The highest BCUT2D eigenvalue weighted by atomic mass is 79.9. The van der Waals surface area contributed by atoms with Gasteiger partial charge in [-0.25, -0.2) is 8.78 Å². The SMILES string of the molecule is Cc1cc(Br)c(C2OCCO2)c(F)c1F. The van der Waals surface area contributed by atoms with Gasteiger partial charge in [-0.15, -0.1) is 0 Å². The van der Waals surface area contributed by atoms with Crippen molar-refractivity contribution in [3.8, 4) is 0 Å². The van der Waals surface area contributed by atoms with E-state index in [2.05, 4.69) is 15.9 Å². The lowest BCUT2D eigenvalue weighted by molar-refractivity contribution is -0.0474. The number of benzene rings is 1. The van der Waals surface area contributed by atoms with E-state index in [-0.39, 0.29) is 11.1 Å². The quantitative estimate of drug-likeness (QED) is 0.735. The van der Waals surface area contributed by atoms with Gasteiger partial charge in [-0.1, -0.05) is 15.9 Å². The minimum absolute atomic E-state index is 0.0931. The summed E-state index contributed by atoms with van der Waals surface area (Å²) in [5.41, 5.74) is 0.344. The molecule has 0 spiro atoms. The fraction of sp³-hybridized carbons (Fsp3) is 0.400. The summed E-state index contributed by atoms with van der Waals surface area (Å²) in [6.45, 7) is 2.29. The third kappa shape index (κ3) is 1.91. The lowest BCUT2D eigenvalue weighted by Gasteiger charge is -2.14. The van der Waals surface area contributed by atoms with Crippen LogP contribution in [0.4, 0.5) is 8.78 Å². The minimum Gasteiger partial charge on any atom is -0.346 e. The van der Waals surface area contributed by atoms with Crippen LogP contribution in [0.2, 0.25) is 0 Å². The Bertz CT molecular complexity index is 389. The van der Waals surface area contributed by atoms with E-state index in [1.165, 1.54) is 13.0 Å². The van der Waals surface area contributed by atoms with E-state index in [0.717, 1.165) is 0 Å². The minimum atomic E-state index is -0.909. The molecule has 82 valence electrons. The number of hydrogen-bond acceptors (Lipinski definition) is 2. The van der Waals surface area contributed by atoms with Gasteiger partial charge in [0.1, 0.15) is 0 Å². The summed E-state index contributed by atoms with van der Waals surface area (Å²) < 4.78 is 37.7. The number of hydrogen-bond donors (Lipinski definition) is 0. The molecule has 1 saturated heterocycles. The van der Waals surface area contributed by atoms with Gasteiger partial charge >= 0.3 is 0 Å². The summed E-state index contributed by atoms with van der Waals surface area (Å²) in [5, 5.41) is 0. The molecule has 1 aromatic carbocycles. The van der Waals surface area contributed by atoms with Crippen LogP contribution in [0.5, 0.6) is 0 Å². The van der Waals surface area contributed by atoms with Gasteiger partial charge in [-0.2, -0.15) is 0 Å². The molecule has 1 aromatic rings. The summed E-state index contributed by atoms with van der Waals surface area (Å²) in [7, 11) is 0. The maximum atomic E-state index is 13.6. The first kappa shape index (κ1) is 11.0. The largest absolute Gasteiger partial charge is 0.346 e. The van der Waals surface area contributed by atoms with Crippen molar-refractivity contribution >= 4 is 15.9 Å². The van der Waals surface area contributed by atoms with E-state index in [4.69, 9.17) is 9.47 Å². The summed E-state index contributed by atoms with van der Waals surface area (Å²) in [6, 6.07) is 1.51. The lowest BCUT2D eigenvalue weighted by atomic mass is 10.1. The molecule has 2 nitrogen and oxygen atoms in total. The summed E-state index contributed by atoms with van der Waals surface area (Å²) in [4.78, 5) is 0. The molecule has 1 fully saturated rings. The van der Waals surface area contributed by atoms with E-state index >= 15 is 0 Å². The number of rotatable bonds is 1. The van der Waals surface area contributed by atoms with Crippen LogP contribution in [0, 0.1) is 18.6 Å². The van der Waals surface area contributed by atoms with Crippen LogP contribution in [0.3, 0.4) is 0 Å². The molecule has 0 unspecified atom stereocenters. The van der Waals surface area contributed by atoms with Crippen molar-refractivity contribution < 1.29 is 18.3 Å². The van der Waals surface area contributed by atoms with Gasteiger partial charge in [0.25, 0.3) is 0 Å². The van der Waals surface area contributed by atoms with E-state index in [0.29, 0.717) is 17.7 Å². The topological polar surface area (TPSA) is 18.5 Å². The van der Waals surface area contributed by atoms with E-state index in [1.54, 1.807) is 0 Å². The molecule has 1 aliphatic rings. The van der Waals surface area contributed by atoms with Crippen LogP contribution in [-0.4, -0.2) is 13.2 Å². The maximum absolute atomic E-state index is 13.6. The van der Waals surface area contributed by atoms with Gasteiger partial charge in [-0.3, -0.25) is 0 Å². The zero-order chi connectivity index (χ0) is 11.0. The van der Waals surface area contributed by atoms with Crippen molar-refractivity contribution in [3.63, 3.8) is 0 Å². The molecule has 0 amide bonds. The molecule has 5 heteroatoms. The van der Waals surface area contributed by atoms with Gasteiger partial charge < -0.3 is 9.47 Å². The van der Waals surface area contributed by atoms with Gasteiger partial charge in [0, 0.05) is 4.47 Å². The molecule has 0 N–H and O–H groups in total. The molecule has 0 radical (unpaired) electrons. The fourth-order valence-corrected chi connectivity index (χ4v) is 2.17. The van der Waals surface area contributed by atoms with Crippen LogP contribution in [0.1, 0.15) is 17.4 Å². The first-order chi connectivity index (χ1) is 7.11. The average Bonchev–Trinajstić information content (AvgIpc) is 2.68. The van der Waals surface area contributed by atoms with E-state index in [9.17, 15) is 8.78 Å². The molecule has 2 rings (SSSR count). The summed E-state index contributed by atoms with van der Waals surface area (Å²) >= 11 is 3.18. The average molecular weight is 279 g/mol. The van der Waals surface area contributed by atoms with Crippen molar-refractivity contribution in [3.05, 3.63) is 33.3 Å². The summed E-state index contributed by atoms with van der Waals surface area (Å²) in [6.07, 6.45) is -0.811. The molecule has 0 aromatic heterocycles. The number of halogens is 3. The Morgan fingerprint density at radius 1 is 1.27 bits per heavy atom. The van der Waals surface area contributed by atoms with Crippen molar-refractivity contribution in [2.45, 2.75) is 13.2 Å². The van der Waals surface area contributed by atoms with Gasteiger partial charge in [0.2, 0.25) is 0 Å². The number of aryl methyl sites for hydroxylation is 1. The number of ether oxygens (including phenoxy) is 2. The Morgan fingerprint density at radius 2 is 1.87 bits per heavy atom. The van der Waals surface area contributed by atoms with Crippen LogP contribution < -0.4 is 0 Å². The predicted molar refractivity (Wildman–Crippen MR) is 53.4 cm³/mol. The van der Waals surface area contributed by atoms with Crippen molar-refractivity contribution in [1.29, 1.82) is 0 Å². The lowest BCUT2D eigenvalue weighted by Crippen LogP contribution is -2.06. The highest BCUT2D eigenvalue weighted by molar-refractivity contribution is 9.10. The highest BCUT2D eigenvalue weighted by Crippen LogP contribution is 2.34. The van der Waals surface area contributed by atoms with Crippen LogP contribution >= 0.6 is 15.9 Å². The normalized spacial score (nSPS) is 17.3. The van der Waals surface area contributed by atoms with Gasteiger partial charge in [-0.05, 0) is 18.6 Å². The molecule has 1 aliphatic heterocycles. The van der Waals surface area contributed by atoms with Gasteiger partial charge in [0.15, 0.2) is 17.9 Å². The second-order valence-corrected chi connectivity index (χ2v) is 4.14. The Labute approximate surface area is 94.3 Å². The molecular weight excluding hydrogens is 270 g/mol. The fourth-order valence-electron chi connectivity index (χ4n) is 1.47. The Kier molecular flexibility index (Phi) is 3.04. The Morgan fingerprint density at radius 3 is 2.47 bits per heavy atom. The Balaban J connectivity index is 2.50. The second-order valence-electron chi connectivity index (χ2n) is 3.29. The molecule has 0 atom stereocenters. The zero-order valence-corrected chi connectivity index (χ0v) is 9.61. The van der Waals surface area contributed by atoms with Crippen LogP contribution in [0.15, 0.2) is 10.5 Å². The molecule has 1 heterocycles. The smallest absolute Gasteiger partial charge is 0.188 e. The van der Waals surface area contributed by atoms with Crippen molar-refractivity contribution in [1.82, 2.24) is 0 Å². The predicted octanol–water partition coefficient (Wildman–Crippen LogP) is 3.08. The van der Waals surface area contributed by atoms with Gasteiger partial charge in [0.05, 0.1) is 18.8 Å². The molecular formula is C10H9BrF2O2. The summed E-state index contributed by atoms with van der Waals surface area (Å²) in [5.74, 6) is -1.76. The Hall–Kier alpha value is -0.520. The molecule has 0 saturated carbocycles. The zero-order valence-electron chi connectivity index (χ0n) is 8.02. The second kappa shape index (κ2) is 4.15. The standard InChI is InChI=1S/C10H9BrF2O2/c1-5-4-6(11)7(9(13)8(5)12)10-14-2-3-15-10/h4,10H,2-3H2,1H3. The van der Waals surface area contributed by atoms with Crippen LogP contribution in [0.25, 0.3) is 0 Å². The third-order valence-electron chi connectivity index (χ3n) is 2.23. The third-order valence-corrected chi connectivity index (χ3v) is 2.89. The highest BCUT2D eigenvalue weighted by Gasteiger charge is 2.27. The van der Waals surface area contributed by atoms with Crippen molar-refractivity contribution in [2.75, 3.05) is 13.2 Å². The first-order valence-electron chi connectivity index (χ1n) is 4.48. The monoisotopic (exact) mass is 278 g/mol. The molecule has 15 heavy (non-hydrogen) atoms. The van der Waals surface area contributed by atoms with E-state index in [1.807, 2.05) is 0 Å². The van der Waals surface area contributed by atoms with E-state index < -0.39 is 17.9 Å². The molecule has 0 bridgehead atoms. The first-order valence-corrected chi connectivity index (χ1v) is 5.27. The molecule has 0 aliphatic carbocycles. The maximum Gasteiger partial charge on any atom is 0.188 e.